The third kappa shape index (κ3) is 4.72. The van der Waals surface area contributed by atoms with Gasteiger partial charge in [0, 0.05) is 18.0 Å². The average molecular weight is 293 g/mol. The van der Waals surface area contributed by atoms with Gasteiger partial charge in [0.05, 0.1) is 13.2 Å². The molecule has 3 N–H and O–H groups in total. The van der Waals surface area contributed by atoms with E-state index in [-0.39, 0.29) is 23.4 Å². The SMILES string of the molecule is CC(C)(C)c1cccc(OCC(CN)CO)c1C(C)(C)C. The van der Waals surface area contributed by atoms with Crippen molar-refractivity contribution in [2.75, 3.05) is 19.8 Å². The highest BCUT2D eigenvalue weighted by molar-refractivity contribution is 5.47. The minimum absolute atomic E-state index is 0.00334. The van der Waals surface area contributed by atoms with Crippen molar-refractivity contribution in [3.63, 3.8) is 0 Å². The molecule has 0 heterocycles. The van der Waals surface area contributed by atoms with Crippen LogP contribution in [0.1, 0.15) is 52.7 Å². The summed E-state index contributed by atoms with van der Waals surface area (Å²) in [5.74, 6) is 0.887. The third-order valence-electron chi connectivity index (χ3n) is 3.65. The van der Waals surface area contributed by atoms with Crippen LogP contribution in [-0.4, -0.2) is 24.9 Å². The van der Waals surface area contributed by atoms with Gasteiger partial charge in [-0.3, -0.25) is 0 Å². The van der Waals surface area contributed by atoms with Crippen molar-refractivity contribution in [2.24, 2.45) is 11.7 Å². The highest BCUT2D eigenvalue weighted by Gasteiger charge is 2.28. The number of nitrogens with two attached hydrogens (primary N) is 1. The molecule has 1 rings (SSSR count). The fourth-order valence-electron chi connectivity index (χ4n) is 2.45. The van der Waals surface area contributed by atoms with Gasteiger partial charge in [-0.1, -0.05) is 53.7 Å². The summed E-state index contributed by atoms with van der Waals surface area (Å²) in [5, 5.41) is 9.26. The molecule has 21 heavy (non-hydrogen) atoms. The normalized spacial score (nSPS) is 14.1. The van der Waals surface area contributed by atoms with E-state index in [0.717, 1.165) is 5.75 Å². The maximum absolute atomic E-state index is 9.26. The Morgan fingerprint density at radius 1 is 1.10 bits per heavy atom. The summed E-state index contributed by atoms with van der Waals surface area (Å²) >= 11 is 0. The summed E-state index contributed by atoms with van der Waals surface area (Å²) in [7, 11) is 0. The molecular formula is C18H31NO2. The van der Waals surface area contributed by atoms with Crippen LogP contribution < -0.4 is 10.5 Å². The minimum atomic E-state index is -0.0175. The number of hydrogen-bond donors (Lipinski definition) is 2. The average Bonchev–Trinajstić information content (AvgIpc) is 2.37. The van der Waals surface area contributed by atoms with E-state index in [1.807, 2.05) is 12.1 Å². The Morgan fingerprint density at radius 2 is 1.71 bits per heavy atom. The molecule has 1 atom stereocenters. The predicted octanol–water partition coefficient (Wildman–Crippen LogP) is 3.23. The van der Waals surface area contributed by atoms with Crippen LogP contribution in [0.15, 0.2) is 18.2 Å². The second-order valence-corrected chi connectivity index (χ2v) is 7.77. The van der Waals surface area contributed by atoms with Gasteiger partial charge in [0.25, 0.3) is 0 Å². The highest BCUT2D eigenvalue weighted by atomic mass is 16.5. The molecule has 0 aliphatic rings. The maximum atomic E-state index is 9.26. The van der Waals surface area contributed by atoms with Gasteiger partial charge in [-0.2, -0.15) is 0 Å². The van der Waals surface area contributed by atoms with E-state index in [9.17, 15) is 5.11 Å². The topological polar surface area (TPSA) is 55.5 Å². The molecule has 3 heteroatoms. The van der Waals surface area contributed by atoms with Crippen LogP contribution in [0.4, 0.5) is 0 Å². The van der Waals surface area contributed by atoms with Crippen molar-refractivity contribution in [1.29, 1.82) is 0 Å². The third-order valence-corrected chi connectivity index (χ3v) is 3.65. The highest BCUT2D eigenvalue weighted by Crippen LogP contribution is 2.39. The molecule has 0 radical (unpaired) electrons. The van der Waals surface area contributed by atoms with Gasteiger partial charge >= 0.3 is 0 Å². The van der Waals surface area contributed by atoms with Crippen LogP contribution in [0.3, 0.4) is 0 Å². The van der Waals surface area contributed by atoms with Crippen LogP contribution >= 0.6 is 0 Å². The molecule has 0 saturated carbocycles. The number of benzene rings is 1. The summed E-state index contributed by atoms with van der Waals surface area (Å²) in [5.41, 5.74) is 8.24. The first kappa shape index (κ1) is 18.0. The molecule has 0 aliphatic heterocycles. The Morgan fingerprint density at radius 3 is 2.14 bits per heavy atom. The Bertz CT molecular complexity index is 451. The van der Waals surface area contributed by atoms with Gasteiger partial charge in [-0.05, 0) is 22.5 Å². The second kappa shape index (κ2) is 6.80. The molecule has 0 amide bonds. The van der Waals surface area contributed by atoms with E-state index in [0.29, 0.717) is 13.2 Å². The van der Waals surface area contributed by atoms with E-state index < -0.39 is 0 Å². The van der Waals surface area contributed by atoms with Crippen molar-refractivity contribution in [3.8, 4) is 5.75 Å². The summed E-state index contributed by atoms with van der Waals surface area (Å²) in [6.07, 6.45) is 0. The fourth-order valence-corrected chi connectivity index (χ4v) is 2.45. The van der Waals surface area contributed by atoms with Gasteiger partial charge in [0.1, 0.15) is 5.75 Å². The fraction of sp³-hybridized carbons (Fsp3) is 0.667. The molecule has 0 bridgehead atoms. The molecule has 0 fully saturated rings. The van der Waals surface area contributed by atoms with Gasteiger partial charge < -0.3 is 15.6 Å². The molecule has 1 aromatic carbocycles. The number of rotatable bonds is 5. The molecule has 1 unspecified atom stereocenters. The van der Waals surface area contributed by atoms with Gasteiger partial charge in [0.15, 0.2) is 0 Å². The number of aliphatic hydroxyl groups excluding tert-OH is 1. The first-order valence-corrected chi connectivity index (χ1v) is 7.69. The van der Waals surface area contributed by atoms with Crippen LogP contribution in [0.2, 0.25) is 0 Å². The monoisotopic (exact) mass is 293 g/mol. The largest absolute Gasteiger partial charge is 0.493 e. The first-order valence-electron chi connectivity index (χ1n) is 7.69. The molecule has 0 aliphatic carbocycles. The predicted molar refractivity (Wildman–Crippen MR) is 89.0 cm³/mol. The Kier molecular flexibility index (Phi) is 5.83. The first-order chi connectivity index (χ1) is 9.61. The summed E-state index contributed by atoms with van der Waals surface area (Å²) in [6.45, 7) is 14.2. The lowest BCUT2D eigenvalue weighted by atomic mass is 9.75. The van der Waals surface area contributed by atoms with Gasteiger partial charge in [0.2, 0.25) is 0 Å². The van der Waals surface area contributed by atoms with E-state index in [2.05, 4.69) is 47.6 Å². The Labute approximate surface area is 129 Å². The smallest absolute Gasteiger partial charge is 0.123 e. The zero-order chi connectivity index (χ0) is 16.3. The van der Waals surface area contributed by atoms with Gasteiger partial charge in [-0.15, -0.1) is 0 Å². The summed E-state index contributed by atoms with van der Waals surface area (Å²) in [6, 6.07) is 6.24. The summed E-state index contributed by atoms with van der Waals surface area (Å²) in [4.78, 5) is 0. The van der Waals surface area contributed by atoms with Crippen LogP contribution in [0, 0.1) is 5.92 Å². The minimum Gasteiger partial charge on any atom is -0.493 e. The number of hydrogen-bond acceptors (Lipinski definition) is 3. The van der Waals surface area contributed by atoms with Crippen molar-refractivity contribution in [3.05, 3.63) is 29.3 Å². The van der Waals surface area contributed by atoms with Crippen LogP contribution in [-0.2, 0) is 10.8 Å². The van der Waals surface area contributed by atoms with E-state index in [1.165, 1.54) is 11.1 Å². The van der Waals surface area contributed by atoms with Crippen molar-refractivity contribution >= 4 is 0 Å². The van der Waals surface area contributed by atoms with Gasteiger partial charge in [-0.25, -0.2) is 0 Å². The van der Waals surface area contributed by atoms with E-state index >= 15 is 0 Å². The number of ether oxygens (including phenoxy) is 1. The van der Waals surface area contributed by atoms with Crippen LogP contribution in [0.25, 0.3) is 0 Å². The molecule has 120 valence electrons. The zero-order valence-corrected chi connectivity index (χ0v) is 14.4. The lowest BCUT2D eigenvalue weighted by Gasteiger charge is -2.32. The molecule has 1 aromatic rings. The standard InChI is InChI=1S/C18H31NO2/c1-17(2,3)14-8-7-9-15(16(14)18(4,5)6)21-12-13(10-19)11-20/h7-9,13,20H,10-12,19H2,1-6H3. The van der Waals surface area contributed by atoms with E-state index in [4.69, 9.17) is 10.5 Å². The Balaban J connectivity index is 3.20. The molecule has 0 spiro atoms. The lowest BCUT2D eigenvalue weighted by Crippen LogP contribution is -2.27. The second-order valence-electron chi connectivity index (χ2n) is 7.77. The van der Waals surface area contributed by atoms with Crippen molar-refractivity contribution in [1.82, 2.24) is 0 Å². The molecule has 0 aromatic heterocycles. The van der Waals surface area contributed by atoms with Crippen molar-refractivity contribution in [2.45, 2.75) is 52.4 Å². The van der Waals surface area contributed by atoms with Crippen molar-refractivity contribution < 1.29 is 9.84 Å². The lowest BCUT2D eigenvalue weighted by molar-refractivity contribution is 0.165. The molecule has 0 saturated heterocycles. The zero-order valence-electron chi connectivity index (χ0n) is 14.4. The van der Waals surface area contributed by atoms with E-state index in [1.54, 1.807) is 0 Å². The Hall–Kier alpha value is -1.06. The summed E-state index contributed by atoms with van der Waals surface area (Å²) < 4.78 is 6.00. The molecular weight excluding hydrogens is 262 g/mol. The maximum Gasteiger partial charge on any atom is 0.123 e. The quantitative estimate of drug-likeness (QED) is 0.876. The number of aliphatic hydroxyl groups is 1. The molecule has 3 nitrogen and oxygen atoms in total. The van der Waals surface area contributed by atoms with Crippen LogP contribution in [0.5, 0.6) is 5.75 Å².